The van der Waals surface area contributed by atoms with E-state index >= 15 is 0 Å². The lowest BCUT2D eigenvalue weighted by atomic mass is 10.3. The molecule has 3 heterocycles. The first-order chi connectivity index (χ1) is 15.0. The molecule has 1 atom stereocenters. The fourth-order valence-electron chi connectivity index (χ4n) is 3.25. The zero-order valence-corrected chi connectivity index (χ0v) is 19.3. The number of piperazine rings is 1. The van der Waals surface area contributed by atoms with Crippen molar-refractivity contribution in [3.8, 4) is 0 Å². The molecule has 0 spiro atoms. The Kier molecular flexibility index (Phi) is 8.52. The van der Waals surface area contributed by atoms with Crippen molar-refractivity contribution in [2.45, 2.75) is 27.1 Å². The maximum absolute atomic E-state index is 11.6. The predicted molar refractivity (Wildman–Crippen MR) is 119 cm³/mol. The molecule has 10 nitrogen and oxygen atoms in total. The van der Waals surface area contributed by atoms with E-state index in [1.54, 1.807) is 0 Å². The smallest absolute Gasteiger partial charge is 0.349 e. The molecule has 0 saturated carbocycles. The number of anilines is 3. The number of hydrogen-bond donors (Lipinski definition) is 1. The SMILES string of the molecule is CCOC(C)OCCN1CCN(c2cc(Nc3ncc(C(=O)OC)s3)nc(C)n2)CC1. The van der Waals surface area contributed by atoms with Crippen LogP contribution in [0.5, 0.6) is 0 Å². The Balaban J connectivity index is 1.54. The summed E-state index contributed by atoms with van der Waals surface area (Å²) in [5.41, 5.74) is 0. The van der Waals surface area contributed by atoms with Crippen molar-refractivity contribution in [3.05, 3.63) is 23.0 Å². The standard InChI is InChI=1S/C20H30N6O4S/c1-5-29-15(3)30-11-10-25-6-8-26(9-7-25)18-12-17(22-14(2)23-18)24-20-21-13-16(31-20)19(27)28-4/h12-13,15H,5-11H2,1-4H3,(H,21,22,23,24). The molecule has 1 aliphatic rings. The number of rotatable bonds is 10. The molecule has 0 amide bonds. The summed E-state index contributed by atoms with van der Waals surface area (Å²) < 4.78 is 15.8. The predicted octanol–water partition coefficient (Wildman–Crippen LogP) is 2.29. The average Bonchev–Trinajstić information content (AvgIpc) is 3.22. The van der Waals surface area contributed by atoms with E-state index in [1.807, 2.05) is 26.8 Å². The van der Waals surface area contributed by atoms with Crippen molar-refractivity contribution in [1.82, 2.24) is 19.9 Å². The van der Waals surface area contributed by atoms with Gasteiger partial charge in [-0.15, -0.1) is 0 Å². The first-order valence-electron chi connectivity index (χ1n) is 10.4. The number of esters is 1. The van der Waals surface area contributed by atoms with E-state index in [2.05, 4.69) is 30.1 Å². The van der Waals surface area contributed by atoms with E-state index in [9.17, 15) is 4.79 Å². The van der Waals surface area contributed by atoms with Crippen LogP contribution >= 0.6 is 11.3 Å². The van der Waals surface area contributed by atoms with Crippen LogP contribution < -0.4 is 10.2 Å². The Morgan fingerprint density at radius 2 is 2.03 bits per heavy atom. The highest BCUT2D eigenvalue weighted by Gasteiger charge is 2.19. The van der Waals surface area contributed by atoms with Crippen LogP contribution in [0.1, 0.15) is 29.3 Å². The van der Waals surface area contributed by atoms with Gasteiger partial charge in [0.25, 0.3) is 0 Å². The Morgan fingerprint density at radius 1 is 1.26 bits per heavy atom. The molecule has 1 fully saturated rings. The van der Waals surface area contributed by atoms with Crippen LogP contribution in [0.15, 0.2) is 12.3 Å². The molecule has 0 bridgehead atoms. The molecule has 1 saturated heterocycles. The van der Waals surface area contributed by atoms with Crippen molar-refractivity contribution in [3.63, 3.8) is 0 Å². The van der Waals surface area contributed by atoms with E-state index in [-0.39, 0.29) is 6.29 Å². The van der Waals surface area contributed by atoms with Gasteiger partial charge in [0.05, 0.1) is 19.9 Å². The number of methoxy groups -OCH3 is 1. The minimum atomic E-state index is -0.402. The molecule has 31 heavy (non-hydrogen) atoms. The first-order valence-corrected chi connectivity index (χ1v) is 11.2. The summed E-state index contributed by atoms with van der Waals surface area (Å²) in [6.07, 6.45) is 1.33. The van der Waals surface area contributed by atoms with E-state index in [0.717, 1.165) is 38.5 Å². The monoisotopic (exact) mass is 450 g/mol. The van der Waals surface area contributed by atoms with Crippen molar-refractivity contribution in [2.24, 2.45) is 0 Å². The van der Waals surface area contributed by atoms with Crippen LogP contribution in [0.3, 0.4) is 0 Å². The van der Waals surface area contributed by atoms with Gasteiger partial charge in [-0.05, 0) is 20.8 Å². The lowest BCUT2D eigenvalue weighted by molar-refractivity contribution is -0.129. The van der Waals surface area contributed by atoms with Gasteiger partial charge in [0.2, 0.25) is 0 Å². The fraction of sp³-hybridized carbons (Fsp3) is 0.600. The summed E-state index contributed by atoms with van der Waals surface area (Å²) in [4.78, 5) is 30.0. The second-order valence-electron chi connectivity index (χ2n) is 7.03. The van der Waals surface area contributed by atoms with Gasteiger partial charge in [-0.3, -0.25) is 4.90 Å². The van der Waals surface area contributed by atoms with Crippen molar-refractivity contribution < 1.29 is 19.0 Å². The number of hydrogen-bond acceptors (Lipinski definition) is 11. The van der Waals surface area contributed by atoms with Gasteiger partial charge in [-0.25, -0.2) is 19.7 Å². The topological polar surface area (TPSA) is 102 Å². The van der Waals surface area contributed by atoms with Crippen LogP contribution in [0.25, 0.3) is 0 Å². The second-order valence-corrected chi connectivity index (χ2v) is 8.06. The Labute approximate surface area is 186 Å². The summed E-state index contributed by atoms with van der Waals surface area (Å²) in [5.74, 6) is 1.79. The number of nitrogens with zero attached hydrogens (tertiary/aromatic N) is 5. The molecular weight excluding hydrogens is 420 g/mol. The molecule has 0 aromatic carbocycles. The molecule has 1 unspecified atom stereocenters. The van der Waals surface area contributed by atoms with E-state index in [1.165, 1.54) is 24.6 Å². The average molecular weight is 451 g/mol. The van der Waals surface area contributed by atoms with E-state index in [4.69, 9.17) is 14.2 Å². The number of thiazole rings is 1. The second kappa shape index (κ2) is 11.3. The molecule has 2 aromatic heterocycles. The normalized spacial score (nSPS) is 15.7. The van der Waals surface area contributed by atoms with E-state index < -0.39 is 5.97 Å². The summed E-state index contributed by atoms with van der Waals surface area (Å²) in [5, 5.41) is 3.74. The number of aromatic nitrogens is 3. The lowest BCUT2D eigenvalue weighted by Crippen LogP contribution is -2.47. The molecule has 170 valence electrons. The Morgan fingerprint density at radius 3 is 2.74 bits per heavy atom. The largest absolute Gasteiger partial charge is 0.465 e. The quantitative estimate of drug-likeness (QED) is 0.428. The highest BCUT2D eigenvalue weighted by Crippen LogP contribution is 2.24. The molecule has 1 N–H and O–H groups in total. The van der Waals surface area contributed by atoms with Crippen molar-refractivity contribution in [2.75, 3.05) is 63.3 Å². The maximum atomic E-state index is 11.6. The van der Waals surface area contributed by atoms with Crippen LogP contribution in [0, 0.1) is 6.92 Å². The summed E-state index contributed by atoms with van der Waals surface area (Å²) >= 11 is 1.22. The zero-order valence-electron chi connectivity index (χ0n) is 18.5. The minimum Gasteiger partial charge on any atom is -0.465 e. The number of carbonyl (C=O) groups excluding carboxylic acids is 1. The highest BCUT2D eigenvalue weighted by atomic mass is 32.1. The van der Waals surface area contributed by atoms with Crippen molar-refractivity contribution in [1.29, 1.82) is 0 Å². The molecular formula is C20H30N6O4S. The van der Waals surface area contributed by atoms with Gasteiger partial charge in [0, 0.05) is 45.4 Å². The molecule has 0 radical (unpaired) electrons. The molecule has 1 aliphatic heterocycles. The number of ether oxygens (including phenoxy) is 3. The third kappa shape index (κ3) is 6.82. The molecule has 11 heteroatoms. The lowest BCUT2D eigenvalue weighted by Gasteiger charge is -2.35. The first kappa shape index (κ1) is 23.3. The van der Waals surface area contributed by atoms with E-state index in [0.29, 0.717) is 34.9 Å². The summed E-state index contributed by atoms with van der Waals surface area (Å²) in [6, 6.07) is 1.91. The number of carbonyl (C=O) groups is 1. The van der Waals surface area contributed by atoms with Crippen molar-refractivity contribution >= 4 is 34.1 Å². The molecule has 0 aliphatic carbocycles. The Hall–Kier alpha value is -2.34. The summed E-state index contributed by atoms with van der Waals surface area (Å²) in [7, 11) is 1.35. The maximum Gasteiger partial charge on any atom is 0.349 e. The van der Waals surface area contributed by atoms with Gasteiger partial charge >= 0.3 is 5.97 Å². The fourth-order valence-corrected chi connectivity index (χ4v) is 3.99. The van der Waals surface area contributed by atoms with Gasteiger partial charge in [0.1, 0.15) is 22.3 Å². The Bertz CT molecular complexity index is 856. The van der Waals surface area contributed by atoms with Crippen LogP contribution in [-0.2, 0) is 14.2 Å². The minimum absolute atomic E-state index is 0.164. The van der Waals surface area contributed by atoms with Gasteiger partial charge in [0.15, 0.2) is 11.4 Å². The molecule has 3 rings (SSSR count). The molecule has 2 aromatic rings. The van der Waals surface area contributed by atoms with Crippen LogP contribution in [0.2, 0.25) is 0 Å². The van der Waals surface area contributed by atoms with Crippen LogP contribution in [-0.4, -0.2) is 85.2 Å². The van der Waals surface area contributed by atoms with Gasteiger partial charge in [-0.2, -0.15) is 0 Å². The zero-order chi connectivity index (χ0) is 22.2. The van der Waals surface area contributed by atoms with Crippen LogP contribution in [0.4, 0.5) is 16.8 Å². The summed E-state index contributed by atoms with van der Waals surface area (Å²) in [6.45, 7) is 11.6. The third-order valence-corrected chi connectivity index (χ3v) is 5.70. The van der Waals surface area contributed by atoms with Gasteiger partial charge in [-0.1, -0.05) is 11.3 Å². The number of aryl methyl sites for hydroxylation is 1. The van der Waals surface area contributed by atoms with Gasteiger partial charge < -0.3 is 24.4 Å². The number of nitrogens with one attached hydrogen (secondary N) is 1. The third-order valence-electron chi connectivity index (χ3n) is 4.81. The highest BCUT2D eigenvalue weighted by molar-refractivity contribution is 7.17.